The van der Waals surface area contributed by atoms with Crippen LogP contribution in [0.15, 0.2) is 0 Å². The molecule has 4 heteroatoms. The Morgan fingerprint density at radius 3 is 1.22 bits per heavy atom. The lowest BCUT2D eigenvalue weighted by atomic mass is 9.84. The van der Waals surface area contributed by atoms with Gasteiger partial charge in [-0.2, -0.15) is 0 Å². The third-order valence-corrected chi connectivity index (χ3v) is 5.68. The van der Waals surface area contributed by atoms with E-state index < -0.39 is 0 Å². The fraction of sp³-hybridized carbons (Fsp3) is 0.929. The van der Waals surface area contributed by atoms with Gasteiger partial charge >= 0.3 is 11.9 Å². The second-order valence-corrected chi connectivity index (χ2v) is 12.4. The molecule has 0 N–H and O–H groups in total. The van der Waals surface area contributed by atoms with Crippen molar-refractivity contribution in [1.29, 1.82) is 0 Å². The highest BCUT2D eigenvalue weighted by Crippen LogP contribution is 2.26. The molecule has 2 atom stereocenters. The van der Waals surface area contributed by atoms with E-state index in [9.17, 15) is 9.59 Å². The van der Waals surface area contributed by atoms with Gasteiger partial charge in [-0.05, 0) is 61.2 Å². The molecule has 0 aromatic heterocycles. The van der Waals surface area contributed by atoms with E-state index in [1.807, 2.05) is 0 Å². The van der Waals surface area contributed by atoms with Gasteiger partial charge in [-0.25, -0.2) is 0 Å². The summed E-state index contributed by atoms with van der Waals surface area (Å²) in [6.07, 6.45) is 11.3. The molecule has 190 valence electrons. The van der Waals surface area contributed by atoms with Crippen molar-refractivity contribution >= 4 is 11.9 Å². The molecule has 0 heterocycles. The molecule has 0 rings (SSSR count). The van der Waals surface area contributed by atoms with Crippen molar-refractivity contribution in [3.63, 3.8) is 0 Å². The number of esters is 2. The Kier molecular flexibility index (Phi) is 16.0. The summed E-state index contributed by atoms with van der Waals surface area (Å²) >= 11 is 0. The van der Waals surface area contributed by atoms with E-state index in [1.54, 1.807) is 0 Å². The zero-order valence-corrected chi connectivity index (χ0v) is 22.7. The number of rotatable bonds is 17. The monoisotopic (exact) mass is 454 g/mol. The SMILES string of the molecule is CC(CCOC(=O)CCCCCCCCC(=O)OCCC(C)CC(C)(C)C)CC(C)(C)C. The van der Waals surface area contributed by atoms with Gasteiger partial charge in [0, 0.05) is 12.8 Å². The number of carbonyl (C=O) groups excluding carboxylic acids is 2. The van der Waals surface area contributed by atoms with Gasteiger partial charge in [0.15, 0.2) is 0 Å². The van der Waals surface area contributed by atoms with Crippen LogP contribution in [0.2, 0.25) is 0 Å². The first-order chi connectivity index (χ1) is 14.8. The van der Waals surface area contributed by atoms with Crippen molar-refractivity contribution in [3.8, 4) is 0 Å². The van der Waals surface area contributed by atoms with E-state index in [0.29, 0.717) is 48.7 Å². The number of unbranched alkanes of at least 4 members (excludes halogenated alkanes) is 5. The topological polar surface area (TPSA) is 52.6 Å². The zero-order chi connectivity index (χ0) is 24.6. The number of hydrogen-bond donors (Lipinski definition) is 0. The van der Waals surface area contributed by atoms with Crippen molar-refractivity contribution in [1.82, 2.24) is 0 Å². The largest absolute Gasteiger partial charge is 0.466 e. The molecular weight excluding hydrogens is 400 g/mol. The molecule has 0 aromatic carbocycles. The Bertz CT molecular complexity index is 453. The fourth-order valence-corrected chi connectivity index (χ4v) is 4.43. The number of hydrogen-bond acceptors (Lipinski definition) is 4. The van der Waals surface area contributed by atoms with Gasteiger partial charge in [-0.3, -0.25) is 9.59 Å². The van der Waals surface area contributed by atoms with E-state index in [0.717, 1.165) is 64.2 Å². The van der Waals surface area contributed by atoms with Crippen molar-refractivity contribution in [2.75, 3.05) is 13.2 Å². The molecule has 4 nitrogen and oxygen atoms in total. The minimum Gasteiger partial charge on any atom is -0.466 e. The Morgan fingerprint density at radius 2 is 0.906 bits per heavy atom. The first kappa shape index (κ1) is 30.9. The van der Waals surface area contributed by atoms with E-state index in [-0.39, 0.29) is 11.9 Å². The lowest BCUT2D eigenvalue weighted by Crippen LogP contribution is -2.14. The highest BCUT2D eigenvalue weighted by molar-refractivity contribution is 5.69. The van der Waals surface area contributed by atoms with Crippen molar-refractivity contribution < 1.29 is 19.1 Å². The molecule has 32 heavy (non-hydrogen) atoms. The van der Waals surface area contributed by atoms with Crippen LogP contribution in [0.5, 0.6) is 0 Å². The fourth-order valence-electron chi connectivity index (χ4n) is 4.43. The van der Waals surface area contributed by atoms with Gasteiger partial charge in [0.25, 0.3) is 0 Å². The average molecular weight is 455 g/mol. The van der Waals surface area contributed by atoms with Crippen molar-refractivity contribution in [3.05, 3.63) is 0 Å². The molecule has 0 aliphatic rings. The van der Waals surface area contributed by atoms with E-state index in [4.69, 9.17) is 9.47 Å². The summed E-state index contributed by atoms with van der Waals surface area (Å²) in [5.74, 6) is 1.04. The van der Waals surface area contributed by atoms with Crippen LogP contribution >= 0.6 is 0 Å². The Balaban J connectivity index is 3.52. The molecule has 0 saturated carbocycles. The van der Waals surface area contributed by atoms with Crippen molar-refractivity contribution in [2.24, 2.45) is 22.7 Å². The quantitative estimate of drug-likeness (QED) is 0.164. The first-order valence-electron chi connectivity index (χ1n) is 13.1. The summed E-state index contributed by atoms with van der Waals surface area (Å²) in [4.78, 5) is 23.7. The van der Waals surface area contributed by atoms with Crippen LogP contribution in [0.4, 0.5) is 0 Å². The van der Waals surface area contributed by atoms with E-state index in [1.165, 1.54) is 0 Å². The van der Waals surface area contributed by atoms with E-state index in [2.05, 4.69) is 55.4 Å². The third-order valence-electron chi connectivity index (χ3n) is 5.68. The molecule has 0 fully saturated rings. The van der Waals surface area contributed by atoms with Crippen LogP contribution in [-0.4, -0.2) is 25.2 Å². The molecule has 0 radical (unpaired) electrons. The van der Waals surface area contributed by atoms with Gasteiger partial charge < -0.3 is 9.47 Å². The van der Waals surface area contributed by atoms with Crippen LogP contribution in [0, 0.1) is 22.7 Å². The second kappa shape index (κ2) is 16.5. The zero-order valence-electron chi connectivity index (χ0n) is 22.7. The summed E-state index contributed by atoms with van der Waals surface area (Å²) < 4.78 is 10.8. The van der Waals surface area contributed by atoms with Crippen LogP contribution in [0.1, 0.15) is 132 Å². The average Bonchev–Trinajstić information content (AvgIpc) is 2.60. The second-order valence-electron chi connectivity index (χ2n) is 12.4. The Labute approximate surface area is 199 Å². The van der Waals surface area contributed by atoms with Gasteiger partial charge in [-0.15, -0.1) is 0 Å². The van der Waals surface area contributed by atoms with Crippen LogP contribution < -0.4 is 0 Å². The summed E-state index contributed by atoms with van der Waals surface area (Å²) in [6.45, 7) is 19.0. The predicted molar refractivity (Wildman–Crippen MR) is 135 cm³/mol. The van der Waals surface area contributed by atoms with Crippen LogP contribution in [-0.2, 0) is 19.1 Å². The van der Waals surface area contributed by atoms with Gasteiger partial charge in [0.05, 0.1) is 13.2 Å². The van der Waals surface area contributed by atoms with Crippen LogP contribution in [0.3, 0.4) is 0 Å². The normalized spacial score (nSPS) is 14.1. The lowest BCUT2D eigenvalue weighted by Gasteiger charge is -2.23. The molecular formula is C28H54O4. The smallest absolute Gasteiger partial charge is 0.305 e. The lowest BCUT2D eigenvalue weighted by molar-refractivity contribution is -0.145. The van der Waals surface area contributed by atoms with Gasteiger partial charge in [-0.1, -0.05) is 81.1 Å². The highest BCUT2D eigenvalue weighted by atomic mass is 16.5. The standard InChI is InChI=1S/C28H54O4/c1-23(21-27(3,4)5)17-19-31-25(29)15-13-11-9-10-12-14-16-26(30)32-20-18-24(2)22-28(6,7)8/h23-24H,9-22H2,1-8H3. The van der Waals surface area contributed by atoms with Crippen molar-refractivity contribution in [2.45, 2.75) is 132 Å². The molecule has 0 aromatic rings. The van der Waals surface area contributed by atoms with E-state index >= 15 is 0 Å². The molecule has 0 aliphatic heterocycles. The van der Waals surface area contributed by atoms with Gasteiger partial charge in [0.1, 0.15) is 0 Å². The maximum absolute atomic E-state index is 11.8. The first-order valence-corrected chi connectivity index (χ1v) is 13.1. The molecule has 0 amide bonds. The highest BCUT2D eigenvalue weighted by Gasteiger charge is 2.16. The molecule has 0 spiro atoms. The molecule has 0 aliphatic carbocycles. The third kappa shape index (κ3) is 22.1. The van der Waals surface area contributed by atoms with Gasteiger partial charge in [0.2, 0.25) is 0 Å². The minimum atomic E-state index is -0.0625. The summed E-state index contributed by atoms with van der Waals surface area (Å²) in [5.41, 5.74) is 0.655. The molecule has 2 unspecified atom stereocenters. The number of carbonyl (C=O) groups is 2. The maximum Gasteiger partial charge on any atom is 0.305 e. The Hall–Kier alpha value is -1.06. The molecule has 0 bridgehead atoms. The minimum absolute atomic E-state index is 0.0625. The summed E-state index contributed by atoms with van der Waals surface area (Å²) in [7, 11) is 0. The van der Waals surface area contributed by atoms with Crippen LogP contribution in [0.25, 0.3) is 0 Å². The number of ether oxygens (including phenoxy) is 2. The maximum atomic E-state index is 11.8. The summed E-state index contributed by atoms with van der Waals surface area (Å²) in [5, 5.41) is 0. The summed E-state index contributed by atoms with van der Waals surface area (Å²) in [6, 6.07) is 0. The Morgan fingerprint density at radius 1 is 0.594 bits per heavy atom. The predicted octanol–water partition coefficient (Wildman–Crippen LogP) is 8.12. The molecule has 0 saturated heterocycles.